The van der Waals surface area contributed by atoms with Gasteiger partial charge in [-0.15, -0.1) is 0 Å². The molecule has 3 rings (SSSR count). The number of pyridine rings is 1. The highest BCUT2D eigenvalue weighted by Gasteiger charge is 2.27. The molecule has 0 saturated carbocycles. The van der Waals surface area contributed by atoms with E-state index >= 15 is 0 Å². The second-order valence-corrected chi connectivity index (χ2v) is 7.68. The predicted octanol–water partition coefficient (Wildman–Crippen LogP) is 4.03. The van der Waals surface area contributed by atoms with Crippen LogP contribution in [0.15, 0.2) is 35.4 Å². The second-order valence-electron chi connectivity index (χ2n) is 6.35. The van der Waals surface area contributed by atoms with Crippen molar-refractivity contribution in [1.82, 2.24) is 4.98 Å². The number of carbonyl (C=O) groups excluding carboxylic acids is 1. The van der Waals surface area contributed by atoms with Crippen LogP contribution in [-0.4, -0.2) is 22.7 Å². The third kappa shape index (κ3) is 3.54. The molecule has 2 aromatic rings. The average molecular weight is 351 g/mol. The lowest BCUT2D eigenvalue weighted by molar-refractivity contribution is -0.117. The Labute approximate surface area is 152 Å². The summed E-state index contributed by atoms with van der Waals surface area (Å²) < 4.78 is 0. The van der Waals surface area contributed by atoms with Crippen molar-refractivity contribution in [3.63, 3.8) is 0 Å². The van der Waals surface area contributed by atoms with E-state index in [0.717, 1.165) is 36.3 Å². The van der Waals surface area contributed by atoms with Gasteiger partial charge < -0.3 is 4.90 Å². The summed E-state index contributed by atoms with van der Waals surface area (Å²) in [5, 5.41) is 9.77. The van der Waals surface area contributed by atoms with Gasteiger partial charge in [0.15, 0.2) is 0 Å². The van der Waals surface area contributed by atoms with Crippen LogP contribution in [0, 0.1) is 25.2 Å². The summed E-state index contributed by atoms with van der Waals surface area (Å²) in [6.07, 6.45) is 1.99. The van der Waals surface area contributed by atoms with Gasteiger partial charge in [0.25, 0.3) is 0 Å². The van der Waals surface area contributed by atoms with E-state index in [1.54, 1.807) is 0 Å². The van der Waals surface area contributed by atoms with Crippen LogP contribution in [0.5, 0.6) is 0 Å². The minimum atomic E-state index is -0.299. The summed E-state index contributed by atoms with van der Waals surface area (Å²) in [6.45, 7) is 6.45. The molecule has 4 nitrogen and oxygen atoms in total. The monoisotopic (exact) mass is 351 g/mol. The van der Waals surface area contributed by atoms with Crippen molar-refractivity contribution in [3.8, 4) is 6.07 Å². The highest BCUT2D eigenvalue weighted by Crippen LogP contribution is 2.32. The number of hydrogen-bond acceptors (Lipinski definition) is 4. The molecule has 1 aliphatic rings. The Bertz CT molecular complexity index is 857. The van der Waals surface area contributed by atoms with Gasteiger partial charge in [0.05, 0.1) is 10.8 Å². The van der Waals surface area contributed by atoms with Gasteiger partial charge in [-0.25, -0.2) is 4.98 Å². The molecule has 0 spiro atoms. The number of anilines is 1. The zero-order chi connectivity index (χ0) is 18.0. The summed E-state index contributed by atoms with van der Waals surface area (Å²) in [7, 11) is 0. The first-order valence-corrected chi connectivity index (χ1v) is 9.33. The van der Waals surface area contributed by atoms with Crippen LogP contribution in [0.4, 0.5) is 5.69 Å². The molecule has 0 N–H and O–H groups in total. The smallest absolute Gasteiger partial charge is 0.240 e. The van der Waals surface area contributed by atoms with E-state index in [9.17, 15) is 10.1 Å². The molecule has 1 aliphatic heterocycles. The summed E-state index contributed by atoms with van der Waals surface area (Å²) >= 11 is 1.37. The summed E-state index contributed by atoms with van der Waals surface area (Å²) in [4.78, 5) is 19.4. The molecule has 0 radical (unpaired) electrons. The van der Waals surface area contributed by atoms with Crippen molar-refractivity contribution in [2.45, 2.75) is 43.9 Å². The van der Waals surface area contributed by atoms with Crippen molar-refractivity contribution in [3.05, 3.63) is 52.7 Å². The highest BCUT2D eigenvalue weighted by atomic mass is 32.2. The number of hydrogen-bond donors (Lipinski definition) is 0. The van der Waals surface area contributed by atoms with E-state index in [2.05, 4.69) is 17.1 Å². The Balaban J connectivity index is 1.85. The number of fused-ring (bicyclic) bond motifs is 1. The summed E-state index contributed by atoms with van der Waals surface area (Å²) in [6, 6.07) is 12.2. The van der Waals surface area contributed by atoms with E-state index < -0.39 is 0 Å². The van der Waals surface area contributed by atoms with Crippen LogP contribution in [0.3, 0.4) is 0 Å². The average Bonchev–Trinajstić information content (AvgIpc) is 2.60. The fourth-order valence-electron chi connectivity index (χ4n) is 3.22. The molecule has 25 heavy (non-hydrogen) atoms. The minimum Gasteiger partial charge on any atom is -0.311 e. The first-order valence-electron chi connectivity index (χ1n) is 8.45. The summed E-state index contributed by atoms with van der Waals surface area (Å²) in [5.74, 6) is 0.0713. The van der Waals surface area contributed by atoms with Crippen LogP contribution in [0.25, 0.3) is 0 Å². The second kappa shape index (κ2) is 7.28. The maximum absolute atomic E-state index is 13.0. The Kier molecular flexibility index (Phi) is 5.10. The van der Waals surface area contributed by atoms with Gasteiger partial charge in [-0.05, 0) is 56.9 Å². The molecule has 1 atom stereocenters. The van der Waals surface area contributed by atoms with E-state index in [-0.39, 0.29) is 11.2 Å². The zero-order valence-corrected chi connectivity index (χ0v) is 15.6. The minimum absolute atomic E-state index is 0.0713. The number of nitriles is 1. The molecule has 0 bridgehead atoms. The van der Waals surface area contributed by atoms with E-state index in [0.29, 0.717) is 10.6 Å². The topological polar surface area (TPSA) is 57.0 Å². The SMILES string of the molecule is Cc1cc(C)c(C#N)c(SC(C)C(=O)N2CCCc3ccccc32)n1. The number of aryl methyl sites for hydroxylation is 3. The lowest BCUT2D eigenvalue weighted by atomic mass is 10.0. The third-order valence-corrected chi connectivity index (χ3v) is 5.51. The van der Waals surface area contributed by atoms with Gasteiger partial charge in [0.2, 0.25) is 5.91 Å². The van der Waals surface area contributed by atoms with Gasteiger partial charge in [-0.2, -0.15) is 5.26 Å². The molecule has 2 heterocycles. The fourth-order valence-corrected chi connectivity index (χ4v) is 4.31. The molecule has 1 aromatic carbocycles. The lowest BCUT2D eigenvalue weighted by Crippen LogP contribution is -2.40. The number of rotatable bonds is 3. The summed E-state index contributed by atoms with van der Waals surface area (Å²) in [5.41, 5.74) is 4.57. The largest absolute Gasteiger partial charge is 0.311 e. The quantitative estimate of drug-likeness (QED) is 0.784. The molecule has 1 amide bonds. The predicted molar refractivity (Wildman–Crippen MR) is 101 cm³/mol. The zero-order valence-electron chi connectivity index (χ0n) is 14.7. The van der Waals surface area contributed by atoms with Crippen molar-refractivity contribution in [2.75, 3.05) is 11.4 Å². The number of thioether (sulfide) groups is 1. The van der Waals surface area contributed by atoms with E-state index in [1.165, 1.54) is 17.3 Å². The Morgan fingerprint density at radius 1 is 1.36 bits per heavy atom. The van der Waals surface area contributed by atoms with Crippen LogP contribution in [0.2, 0.25) is 0 Å². The molecular weight excluding hydrogens is 330 g/mol. The van der Waals surface area contributed by atoms with Crippen molar-refractivity contribution in [2.24, 2.45) is 0 Å². The molecule has 1 unspecified atom stereocenters. The van der Waals surface area contributed by atoms with Gasteiger partial charge in [0, 0.05) is 17.9 Å². The third-order valence-electron chi connectivity index (χ3n) is 4.44. The number of nitrogens with zero attached hydrogens (tertiary/aromatic N) is 3. The fraction of sp³-hybridized carbons (Fsp3) is 0.350. The molecule has 0 saturated heterocycles. The maximum Gasteiger partial charge on any atom is 0.240 e. The van der Waals surface area contributed by atoms with E-state index in [1.807, 2.05) is 49.9 Å². The maximum atomic E-state index is 13.0. The normalized spacial score (nSPS) is 14.6. The van der Waals surface area contributed by atoms with Crippen molar-refractivity contribution in [1.29, 1.82) is 5.26 Å². The number of aromatic nitrogens is 1. The van der Waals surface area contributed by atoms with Crippen molar-refractivity contribution >= 4 is 23.4 Å². The number of carbonyl (C=O) groups is 1. The molecular formula is C20H21N3OS. The van der Waals surface area contributed by atoms with Crippen LogP contribution >= 0.6 is 11.8 Å². The number of para-hydroxylation sites is 1. The first kappa shape index (κ1) is 17.5. The van der Waals surface area contributed by atoms with E-state index in [4.69, 9.17) is 0 Å². The molecule has 1 aromatic heterocycles. The lowest BCUT2D eigenvalue weighted by Gasteiger charge is -2.31. The van der Waals surface area contributed by atoms with Crippen LogP contribution < -0.4 is 4.90 Å². The first-order chi connectivity index (χ1) is 12.0. The molecule has 5 heteroatoms. The van der Waals surface area contributed by atoms with Gasteiger partial charge >= 0.3 is 0 Å². The van der Waals surface area contributed by atoms with Crippen LogP contribution in [-0.2, 0) is 11.2 Å². The Morgan fingerprint density at radius 2 is 2.12 bits per heavy atom. The van der Waals surface area contributed by atoms with Gasteiger partial charge in [0.1, 0.15) is 11.1 Å². The van der Waals surface area contributed by atoms with Gasteiger partial charge in [-0.3, -0.25) is 4.79 Å². The standard InChI is InChI=1S/C20H21N3OS/c1-13-11-14(2)22-19(17(13)12-21)25-15(3)20(24)23-10-6-8-16-7-4-5-9-18(16)23/h4-5,7,9,11,15H,6,8,10H2,1-3H3. The number of amides is 1. The Hall–Kier alpha value is -2.32. The highest BCUT2D eigenvalue weighted by molar-refractivity contribution is 8.00. The molecule has 0 fully saturated rings. The van der Waals surface area contributed by atoms with Crippen LogP contribution in [0.1, 0.15) is 35.7 Å². The van der Waals surface area contributed by atoms with Crippen molar-refractivity contribution < 1.29 is 4.79 Å². The molecule has 128 valence electrons. The van der Waals surface area contributed by atoms with Gasteiger partial charge in [-0.1, -0.05) is 30.0 Å². The number of benzene rings is 1. The Morgan fingerprint density at radius 3 is 2.88 bits per heavy atom. The molecule has 0 aliphatic carbocycles.